The van der Waals surface area contributed by atoms with Crippen molar-refractivity contribution in [3.05, 3.63) is 0 Å². The van der Waals surface area contributed by atoms with Gasteiger partial charge in [-0.05, 0) is 6.42 Å². The summed E-state index contributed by atoms with van der Waals surface area (Å²) in [6.45, 7) is 1.26. The van der Waals surface area contributed by atoms with Crippen LogP contribution in [0.4, 0.5) is 0 Å². The smallest absolute Gasteiger partial charge is 0.390 e. The van der Waals surface area contributed by atoms with E-state index in [1.807, 2.05) is 0 Å². The van der Waals surface area contributed by atoms with Crippen LogP contribution in [0.3, 0.4) is 0 Å². The largest absolute Gasteiger partial charge is 0.472 e. The molecule has 0 rings (SSSR count). The Balaban J connectivity index is 3.65. The molecule has 0 aliphatic heterocycles. The van der Waals surface area contributed by atoms with Crippen LogP contribution in [0.2, 0.25) is 0 Å². The number of ketones is 1. The molecule has 3 atom stereocenters. The zero-order chi connectivity index (χ0) is 22.7. The van der Waals surface area contributed by atoms with Crippen LogP contribution < -0.4 is 5.73 Å². The lowest BCUT2D eigenvalue weighted by Crippen LogP contribution is -2.36. The third-order valence-corrected chi connectivity index (χ3v) is 6.00. The second-order valence-corrected chi connectivity index (χ2v) is 9.33. The van der Waals surface area contributed by atoms with Crippen molar-refractivity contribution in [2.45, 2.75) is 109 Å². The highest BCUT2D eigenvalue weighted by atomic mass is 31.2. The van der Waals surface area contributed by atoms with Gasteiger partial charge in [-0.25, -0.2) is 4.57 Å². The molecular weight excluding hydrogens is 409 g/mol. The van der Waals surface area contributed by atoms with Crippen molar-refractivity contribution in [2.24, 2.45) is 5.73 Å². The van der Waals surface area contributed by atoms with E-state index in [1.165, 1.54) is 57.8 Å². The topological polar surface area (TPSA) is 139 Å². The van der Waals surface area contributed by atoms with Crippen LogP contribution in [0.15, 0.2) is 0 Å². The number of carbonyl (C=O) groups excluding carboxylic acids is 1. The van der Waals surface area contributed by atoms with E-state index in [-0.39, 0.29) is 13.2 Å². The van der Waals surface area contributed by atoms with Crippen LogP contribution in [-0.2, 0) is 18.4 Å². The summed E-state index contributed by atoms with van der Waals surface area (Å²) >= 11 is 0. The molecule has 3 unspecified atom stereocenters. The predicted molar refractivity (Wildman–Crippen MR) is 118 cm³/mol. The Morgan fingerprint density at radius 2 is 1.33 bits per heavy atom. The van der Waals surface area contributed by atoms with Gasteiger partial charge >= 0.3 is 7.82 Å². The summed E-state index contributed by atoms with van der Waals surface area (Å²) in [6, 6.07) is 0. The first kappa shape index (κ1) is 29.7. The number of hydrogen-bond donors (Lipinski definition) is 4. The SMILES string of the molecule is CCCCCCCCCCCCCCCC(O)C(O)C(=O)COP(=O)(O)OCCN. The van der Waals surface area contributed by atoms with Crippen LogP contribution in [0.1, 0.15) is 96.8 Å². The number of nitrogens with two attached hydrogens (primary N) is 1. The maximum absolute atomic E-state index is 11.8. The van der Waals surface area contributed by atoms with Gasteiger partial charge in [0, 0.05) is 6.54 Å². The molecule has 0 spiro atoms. The highest BCUT2D eigenvalue weighted by molar-refractivity contribution is 7.47. The summed E-state index contributed by atoms with van der Waals surface area (Å²) in [5, 5.41) is 19.8. The Bertz CT molecular complexity index is 465. The molecule has 180 valence electrons. The first-order valence-electron chi connectivity index (χ1n) is 11.5. The van der Waals surface area contributed by atoms with Crippen molar-refractivity contribution in [1.82, 2.24) is 0 Å². The Kier molecular flexibility index (Phi) is 19.1. The predicted octanol–water partition coefficient (Wildman–Crippen LogP) is 3.85. The second-order valence-electron chi connectivity index (χ2n) is 7.87. The average molecular weight is 454 g/mol. The van der Waals surface area contributed by atoms with Crippen molar-refractivity contribution >= 4 is 13.6 Å². The van der Waals surface area contributed by atoms with E-state index in [2.05, 4.69) is 16.0 Å². The van der Waals surface area contributed by atoms with Crippen LogP contribution in [0.25, 0.3) is 0 Å². The number of Topliss-reactive ketones (excluding diaryl/α,β-unsaturated/α-hetero) is 1. The zero-order valence-electron chi connectivity index (χ0n) is 18.7. The molecule has 0 amide bonds. The van der Waals surface area contributed by atoms with E-state index in [0.717, 1.165) is 19.3 Å². The molecule has 0 saturated carbocycles. The van der Waals surface area contributed by atoms with Gasteiger partial charge in [0.1, 0.15) is 12.7 Å². The molecule has 0 aliphatic carbocycles. The van der Waals surface area contributed by atoms with Crippen LogP contribution >= 0.6 is 7.82 Å². The van der Waals surface area contributed by atoms with Crippen molar-refractivity contribution < 1.29 is 33.5 Å². The number of unbranched alkanes of at least 4 members (excludes halogenated alkanes) is 12. The van der Waals surface area contributed by atoms with Crippen molar-refractivity contribution in [2.75, 3.05) is 19.8 Å². The fourth-order valence-corrected chi connectivity index (χ4v) is 3.88. The van der Waals surface area contributed by atoms with E-state index in [1.54, 1.807) is 0 Å². The summed E-state index contributed by atoms with van der Waals surface area (Å²) in [4.78, 5) is 21.1. The molecule has 0 heterocycles. The van der Waals surface area contributed by atoms with Gasteiger partial charge < -0.3 is 20.8 Å². The fraction of sp³-hybridized carbons (Fsp3) is 0.952. The van der Waals surface area contributed by atoms with Gasteiger partial charge in [0.2, 0.25) is 0 Å². The van der Waals surface area contributed by atoms with E-state index in [4.69, 9.17) is 5.73 Å². The minimum atomic E-state index is -4.38. The lowest BCUT2D eigenvalue weighted by molar-refractivity contribution is -0.135. The van der Waals surface area contributed by atoms with E-state index >= 15 is 0 Å². The first-order valence-corrected chi connectivity index (χ1v) is 13.0. The normalized spacial score (nSPS) is 15.6. The maximum atomic E-state index is 11.8. The number of rotatable bonds is 22. The van der Waals surface area contributed by atoms with Gasteiger partial charge in [0.15, 0.2) is 5.78 Å². The zero-order valence-corrected chi connectivity index (χ0v) is 19.6. The minimum Gasteiger partial charge on any atom is -0.390 e. The number of phosphoric ester groups is 1. The number of phosphoric acid groups is 1. The summed E-state index contributed by atoms with van der Waals surface area (Å²) in [5.74, 6) is -0.859. The van der Waals surface area contributed by atoms with Gasteiger partial charge in [-0.15, -0.1) is 0 Å². The molecular formula is C21H44NO7P. The molecule has 0 bridgehead atoms. The molecule has 0 radical (unpaired) electrons. The van der Waals surface area contributed by atoms with Gasteiger partial charge in [-0.3, -0.25) is 13.8 Å². The number of hydrogen-bond acceptors (Lipinski definition) is 7. The molecule has 0 saturated heterocycles. The number of carbonyl (C=O) groups is 1. The Morgan fingerprint density at radius 3 is 1.80 bits per heavy atom. The second kappa shape index (κ2) is 19.4. The lowest BCUT2D eigenvalue weighted by Gasteiger charge is -2.17. The standard InChI is InChI=1S/C21H44NO7P/c1-2-3-4-5-6-7-8-9-10-11-12-13-14-15-19(23)21(25)20(24)18-29-30(26,27)28-17-16-22/h19,21,23,25H,2-18,22H2,1H3,(H,26,27). The molecule has 0 aromatic carbocycles. The highest BCUT2D eigenvalue weighted by Crippen LogP contribution is 2.42. The average Bonchev–Trinajstić information content (AvgIpc) is 2.73. The number of aliphatic hydroxyl groups excluding tert-OH is 2. The van der Waals surface area contributed by atoms with Crippen molar-refractivity contribution in [3.8, 4) is 0 Å². The van der Waals surface area contributed by atoms with Gasteiger partial charge in [-0.1, -0.05) is 90.4 Å². The molecule has 9 heteroatoms. The quantitative estimate of drug-likeness (QED) is 0.143. The molecule has 5 N–H and O–H groups in total. The van der Waals surface area contributed by atoms with Crippen LogP contribution in [0.5, 0.6) is 0 Å². The summed E-state index contributed by atoms with van der Waals surface area (Å²) in [6.07, 6.45) is 13.2. The van der Waals surface area contributed by atoms with Gasteiger partial charge in [0.25, 0.3) is 0 Å². The van der Waals surface area contributed by atoms with Gasteiger partial charge in [-0.2, -0.15) is 0 Å². The summed E-state index contributed by atoms with van der Waals surface area (Å²) in [5.41, 5.74) is 5.15. The van der Waals surface area contributed by atoms with Crippen LogP contribution in [-0.4, -0.2) is 52.9 Å². The maximum Gasteiger partial charge on any atom is 0.472 e. The third-order valence-electron chi connectivity index (χ3n) is 5.04. The Hall–Kier alpha value is -0.340. The van der Waals surface area contributed by atoms with Crippen LogP contribution in [0, 0.1) is 0 Å². The molecule has 0 aliphatic rings. The van der Waals surface area contributed by atoms with Crippen molar-refractivity contribution in [3.63, 3.8) is 0 Å². The van der Waals surface area contributed by atoms with E-state index < -0.39 is 32.4 Å². The summed E-state index contributed by atoms with van der Waals surface area (Å²) in [7, 11) is -4.38. The fourth-order valence-electron chi connectivity index (χ4n) is 3.18. The Morgan fingerprint density at radius 1 is 0.867 bits per heavy atom. The molecule has 0 aromatic heterocycles. The minimum absolute atomic E-state index is 0.0301. The van der Waals surface area contributed by atoms with E-state index in [0.29, 0.717) is 12.8 Å². The lowest BCUT2D eigenvalue weighted by atomic mass is 10.0. The summed E-state index contributed by atoms with van der Waals surface area (Å²) < 4.78 is 20.4. The molecule has 8 nitrogen and oxygen atoms in total. The molecule has 30 heavy (non-hydrogen) atoms. The third kappa shape index (κ3) is 17.4. The van der Waals surface area contributed by atoms with Gasteiger partial charge in [0.05, 0.1) is 12.7 Å². The monoisotopic (exact) mass is 453 g/mol. The number of aliphatic hydroxyl groups is 2. The Labute approximate surface area is 182 Å². The molecule has 0 fully saturated rings. The first-order chi connectivity index (χ1) is 14.3. The van der Waals surface area contributed by atoms with E-state index in [9.17, 15) is 24.5 Å². The molecule has 0 aromatic rings. The highest BCUT2D eigenvalue weighted by Gasteiger charge is 2.28. The van der Waals surface area contributed by atoms with Crippen molar-refractivity contribution in [1.29, 1.82) is 0 Å².